The van der Waals surface area contributed by atoms with Gasteiger partial charge in [0.15, 0.2) is 11.5 Å². The van der Waals surface area contributed by atoms with Crippen LogP contribution in [0.4, 0.5) is 0 Å². The van der Waals surface area contributed by atoms with E-state index in [4.69, 9.17) is 18.9 Å². The van der Waals surface area contributed by atoms with Gasteiger partial charge < -0.3 is 28.7 Å². The van der Waals surface area contributed by atoms with Gasteiger partial charge in [-0.25, -0.2) is 0 Å². The number of hydrogen-bond acceptors (Lipinski definition) is 8. The number of pyridine rings is 1. The number of carbonyl (C=O) groups excluding carboxylic acids is 1. The molecule has 0 aliphatic carbocycles. The molecule has 2 aliphatic rings. The first-order chi connectivity index (χ1) is 19.5. The van der Waals surface area contributed by atoms with Crippen LogP contribution < -0.4 is 18.9 Å². The molecule has 2 aromatic carbocycles. The summed E-state index contributed by atoms with van der Waals surface area (Å²) in [5, 5.41) is 0. The highest BCUT2D eigenvalue weighted by Gasteiger charge is 2.33. The first-order valence-corrected chi connectivity index (χ1v) is 13.7. The van der Waals surface area contributed by atoms with Crippen molar-refractivity contribution in [1.29, 1.82) is 0 Å². The van der Waals surface area contributed by atoms with Crippen LogP contribution in [0.3, 0.4) is 0 Å². The lowest BCUT2D eigenvalue weighted by molar-refractivity contribution is 0.0595. The fourth-order valence-electron chi connectivity index (χ4n) is 4.94. The van der Waals surface area contributed by atoms with Crippen molar-refractivity contribution in [1.82, 2.24) is 19.7 Å². The molecule has 0 bridgehead atoms. The Kier molecular flexibility index (Phi) is 9.03. The van der Waals surface area contributed by atoms with Gasteiger partial charge in [-0.3, -0.25) is 14.7 Å². The highest BCUT2D eigenvalue weighted by atomic mass is 16.5. The largest absolute Gasteiger partial charge is 0.497 e. The highest BCUT2D eigenvalue weighted by Crippen LogP contribution is 2.35. The smallest absolute Gasteiger partial charge is 0.272 e. The van der Waals surface area contributed by atoms with Gasteiger partial charge in [0.1, 0.15) is 30.4 Å². The van der Waals surface area contributed by atoms with Gasteiger partial charge in [0.2, 0.25) is 0 Å². The quantitative estimate of drug-likeness (QED) is 0.362. The van der Waals surface area contributed by atoms with Crippen molar-refractivity contribution in [3.8, 4) is 23.0 Å². The van der Waals surface area contributed by atoms with Gasteiger partial charge >= 0.3 is 0 Å². The van der Waals surface area contributed by atoms with E-state index in [2.05, 4.69) is 21.8 Å². The summed E-state index contributed by atoms with van der Waals surface area (Å²) in [4.78, 5) is 24.0. The van der Waals surface area contributed by atoms with Crippen LogP contribution in [0.1, 0.15) is 27.5 Å². The molecule has 212 valence electrons. The van der Waals surface area contributed by atoms with E-state index in [-0.39, 0.29) is 11.8 Å². The van der Waals surface area contributed by atoms with Crippen LogP contribution >= 0.6 is 0 Å². The molecule has 2 aliphatic heterocycles. The number of methoxy groups -OCH3 is 2. The molecule has 1 amide bonds. The van der Waals surface area contributed by atoms with Crippen LogP contribution in [-0.4, -0.2) is 99.3 Å². The Morgan fingerprint density at radius 2 is 1.65 bits per heavy atom. The molecule has 5 rings (SSSR count). The minimum Gasteiger partial charge on any atom is -0.497 e. The molecule has 0 radical (unpaired) electrons. The van der Waals surface area contributed by atoms with Crippen LogP contribution in [0.5, 0.6) is 23.0 Å². The van der Waals surface area contributed by atoms with Crippen molar-refractivity contribution in [2.75, 3.05) is 73.7 Å². The Morgan fingerprint density at radius 3 is 2.38 bits per heavy atom. The van der Waals surface area contributed by atoms with E-state index in [1.54, 1.807) is 26.5 Å². The van der Waals surface area contributed by atoms with E-state index < -0.39 is 0 Å². The molecule has 40 heavy (non-hydrogen) atoms. The lowest BCUT2D eigenvalue weighted by Crippen LogP contribution is -2.48. The minimum absolute atomic E-state index is 0.0767. The second-order valence-corrected chi connectivity index (χ2v) is 10.3. The number of hydrogen-bond donors (Lipinski definition) is 0. The van der Waals surface area contributed by atoms with Crippen molar-refractivity contribution < 1.29 is 23.7 Å². The molecule has 9 heteroatoms. The van der Waals surface area contributed by atoms with Crippen LogP contribution in [0, 0.1) is 0 Å². The Hall–Kier alpha value is -3.82. The van der Waals surface area contributed by atoms with Gasteiger partial charge in [-0.15, -0.1) is 0 Å². The Labute approximate surface area is 236 Å². The van der Waals surface area contributed by atoms with Crippen LogP contribution in [0.15, 0.2) is 60.8 Å². The van der Waals surface area contributed by atoms with E-state index >= 15 is 0 Å². The average molecular weight is 547 g/mol. The predicted octanol–water partition coefficient (Wildman–Crippen LogP) is 3.54. The Balaban J connectivity index is 1.11. The van der Waals surface area contributed by atoms with E-state index in [0.29, 0.717) is 49.2 Å². The topological polar surface area (TPSA) is 76.6 Å². The van der Waals surface area contributed by atoms with Crippen LogP contribution in [0.2, 0.25) is 0 Å². The van der Waals surface area contributed by atoms with Crippen molar-refractivity contribution in [2.45, 2.75) is 12.5 Å². The zero-order valence-corrected chi connectivity index (χ0v) is 23.5. The number of rotatable bonds is 11. The molecule has 0 spiro atoms. The summed E-state index contributed by atoms with van der Waals surface area (Å²) in [6.07, 6.45) is 1.64. The molecule has 0 unspecified atom stereocenters. The second-order valence-electron chi connectivity index (χ2n) is 10.3. The maximum Gasteiger partial charge on any atom is 0.272 e. The van der Waals surface area contributed by atoms with Crippen molar-refractivity contribution in [3.63, 3.8) is 0 Å². The van der Waals surface area contributed by atoms with E-state index in [1.165, 1.54) is 0 Å². The lowest BCUT2D eigenvalue weighted by atomic mass is 9.91. The lowest BCUT2D eigenvalue weighted by Gasteiger charge is -2.39. The number of nitrogens with zero attached hydrogens (tertiary/aromatic N) is 4. The van der Waals surface area contributed by atoms with Crippen LogP contribution in [0.25, 0.3) is 0 Å². The molecule has 3 heterocycles. The molecule has 9 nitrogen and oxygen atoms in total. The number of carbonyl (C=O) groups is 1. The molecule has 2 fully saturated rings. The summed E-state index contributed by atoms with van der Waals surface area (Å²) in [5.74, 6) is 3.01. The Bertz CT molecular complexity index is 1270. The van der Waals surface area contributed by atoms with E-state index in [1.807, 2.05) is 53.4 Å². The number of likely N-dealkylation sites (tertiary alicyclic amines) is 1. The summed E-state index contributed by atoms with van der Waals surface area (Å²) in [5.41, 5.74) is 2.57. The maximum atomic E-state index is 13.1. The molecular formula is C31H38N4O5. The third kappa shape index (κ3) is 6.84. The normalized spacial score (nSPS) is 16.3. The van der Waals surface area contributed by atoms with Crippen LogP contribution in [-0.2, 0) is 6.61 Å². The van der Waals surface area contributed by atoms with Gasteiger partial charge in [0.05, 0.1) is 14.2 Å². The van der Waals surface area contributed by atoms with Crippen molar-refractivity contribution >= 4 is 5.91 Å². The summed E-state index contributed by atoms with van der Waals surface area (Å²) >= 11 is 0. The average Bonchev–Trinajstić information content (AvgIpc) is 2.97. The fourth-order valence-corrected chi connectivity index (χ4v) is 4.94. The molecule has 2 saturated heterocycles. The van der Waals surface area contributed by atoms with Gasteiger partial charge in [-0.2, -0.15) is 0 Å². The van der Waals surface area contributed by atoms with Crippen molar-refractivity contribution in [2.24, 2.45) is 0 Å². The summed E-state index contributed by atoms with van der Waals surface area (Å²) in [6.45, 7) is 7.44. The number of aromatic nitrogens is 1. The van der Waals surface area contributed by atoms with E-state index in [0.717, 1.165) is 49.6 Å². The minimum atomic E-state index is -0.0767. The summed E-state index contributed by atoms with van der Waals surface area (Å²) in [7, 11) is 5.44. The van der Waals surface area contributed by atoms with Crippen molar-refractivity contribution in [3.05, 3.63) is 77.6 Å². The molecule has 3 aromatic rings. The van der Waals surface area contributed by atoms with Gasteiger partial charge in [-0.05, 0) is 48.5 Å². The number of amides is 1. The molecule has 0 N–H and O–H groups in total. The number of likely N-dealkylation sites (N-methyl/N-ethyl adjacent to an activating group) is 1. The monoisotopic (exact) mass is 546 g/mol. The predicted molar refractivity (Wildman–Crippen MR) is 153 cm³/mol. The van der Waals surface area contributed by atoms with Gasteiger partial charge in [0, 0.05) is 64.0 Å². The molecule has 0 saturated carbocycles. The third-order valence-corrected chi connectivity index (χ3v) is 7.60. The first-order valence-electron chi connectivity index (χ1n) is 13.7. The highest BCUT2D eigenvalue weighted by molar-refractivity contribution is 5.93. The second kappa shape index (κ2) is 13.0. The van der Waals surface area contributed by atoms with Gasteiger partial charge in [-0.1, -0.05) is 18.2 Å². The number of piperazine rings is 1. The SMILES string of the molecule is COc1ccc(COc2ccc(C3CN(C(=O)c4cc(OCCN5CCN(C)CC5)ccn4)C3)cc2OC)cc1. The summed E-state index contributed by atoms with van der Waals surface area (Å²) in [6, 6.07) is 17.3. The fraction of sp³-hybridized carbons (Fsp3) is 0.419. The van der Waals surface area contributed by atoms with Gasteiger partial charge in [0.25, 0.3) is 5.91 Å². The molecule has 0 atom stereocenters. The Morgan fingerprint density at radius 1 is 0.875 bits per heavy atom. The maximum absolute atomic E-state index is 13.1. The summed E-state index contributed by atoms with van der Waals surface area (Å²) < 4.78 is 22.8. The first kappa shape index (κ1) is 27.7. The zero-order chi connectivity index (χ0) is 27.9. The molecular weight excluding hydrogens is 508 g/mol. The van der Waals surface area contributed by atoms with E-state index in [9.17, 15) is 4.79 Å². The zero-order valence-electron chi connectivity index (χ0n) is 23.5. The standard InChI is InChI=1S/C31H38N4O5/c1-33-12-14-34(15-13-33)16-17-39-27-10-11-32-28(19-27)31(36)35-20-25(21-35)24-6-9-29(30(18-24)38-3)40-22-23-4-7-26(37-2)8-5-23/h4-11,18-19,25H,12-17,20-22H2,1-3H3. The third-order valence-electron chi connectivity index (χ3n) is 7.60. The molecule has 1 aromatic heterocycles. The number of benzene rings is 2. The number of ether oxygens (including phenoxy) is 4.